The fourth-order valence-electron chi connectivity index (χ4n) is 3.60. The number of amidine groups is 1. The molecule has 1 amide bonds. The number of hydrogen-bond acceptors (Lipinski definition) is 5. The Hall–Kier alpha value is -2.32. The summed E-state index contributed by atoms with van der Waals surface area (Å²) in [4.78, 5) is 16.3. The van der Waals surface area contributed by atoms with E-state index in [2.05, 4.69) is 28.7 Å². The Balaban J connectivity index is 1.54. The van der Waals surface area contributed by atoms with Crippen LogP contribution in [0.3, 0.4) is 0 Å². The highest BCUT2D eigenvalue weighted by Gasteiger charge is 2.42. The smallest absolute Gasteiger partial charge is 0.287 e. The molecule has 3 heterocycles. The SMILES string of the molecule is CC1=CN=C2SC(c3ccc4c(c3)NC(=O)CO4)C(c3ccc(Cl)cc3)N[NH+]12. The molecule has 3 unspecified atom stereocenters. The number of thioether (sulfide) groups is 1. The number of anilines is 1. The number of benzene rings is 2. The molecule has 142 valence electrons. The van der Waals surface area contributed by atoms with Crippen LogP contribution >= 0.6 is 23.4 Å². The Morgan fingerprint density at radius 2 is 2.00 bits per heavy atom. The monoisotopic (exact) mass is 413 g/mol. The van der Waals surface area contributed by atoms with Crippen LogP contribution in [0.1, 0.15) is 29.3 Å². The van der Waals surface area contributed by atoms with Crippen molar-refractivity contribution >= 4 is 40.1 Å². The maximum Gasteiger partial charge on any atom is 0.287 e. The molecule has 0 aliphatic carbocycles. The number of carbonyl (C=O) groups is 1. The summed E-state index contributed by atoms with van der Waals surface area (Å²) in [7, 11) is 0. The van der Waals surface area contributed by atoms with Crippen LogP contribution in [0.25, 0.3) is 0 Å². The third-order valence-corrected chi connectivity index (χ3v) is 6.60. The molecule has 3 atom stereocenters. The van der Waals surface area contributed by atoms with Gasteiger partial charge in [0.1, 0.15) is 11.4 Å². The molecule has 0 aromatic heterocycles. The Morgan fingerprint density at radius 1 is 1.21 bits per heavy atom. The van der Waals surface area contributed by atoms with Crippen LogP contribution in [-0.2, 0) is 4.79 Å². The van der Waals surface area contributed by atoms with Crippen LogP contribution in [0.4, 0.5) is 5.69 Å². The molecule has 0 radical (unpaired) electrons. The predicted molar refractivity (Wildman–Crippen MR) is 110 cm³/mol. The molecule has 28 heavy (non-hydrogen) atoms. The number of carbonyl (C=O) groups excluding carboxylic acids is 1. The second-order valence-corrected chi connectivity index (χ2v) is 8.49. The van der Waals surface area contributed by atoms with Crippen molar-refractivity contribution in [1.82, 2.24) is 5.43 Å². The molecule has 2 aromatic carbocycles. The normalized spacial score (nSPS) is 25.8. The van der Waals surface area contributed by atoms with Gasteiger partial charge in [0.15, 0.2) is 6.61 Å². The van der Waals surface area contributed by atoms with Crippen molar-refractivity contribution in [1.29, 1.82) is 0 Å². The van der Waals surface area contributed by atoms with Gasteiger partial charge in [-0.15, -0.1) is 5.43 Å². The Bertz CT molecular complexity index is 1020. The summed E-state index contributed by atoms with van der Waals surface area (Å²) in [6.45, 7) is 2.12. The maximum atomic E-state index is 11.7. The van der Waals surface area contributed by atoms with Crippen LogP contribution in [0.15, 0.2) is 59.4 Å². The third kappa shape index (κ3) is 3.10. The lowest BCUT2D eigenvalue weighted by atomic mass is 9.97. The first-order chi connectivity index (χ1) is 13.6. The van der Waals surface area contributed by atoms with Crippen LogP contribution in [0.2, 0.25) is 5.02 Å². The van der Waals surface area contributed by atoms with Gasteiger partial charge < -0.3 is 10.1 Å². The van der Waals surface area contributed by atoms with Crippen molar-refractivity contribution in [2.24, 2.45) is 4.99 Å². The summed E-state index contributed by atoms with van der Waals surface area (Å²) < 4.78 is 5.50. The van der Waals surface area contributed by atoms with Crippen molar-refractivity contribution in [3.05, 3.63) is 70.5 Å². The van der Waals surface area contributed by atoms with Crippen molar-refractivity contribution in [2.75, 3.05) is 11.9 Å². The molecule has 3 aliphatic rings. The topological polar surface area (TPSA) is 67.2 Å². The van der Waals surface area contributed by atoms with Crippen LogP contribution in [0, 0.1) is 0 Å². The number of allylic oxidation sites excluding steroid dienone is 1. The van der Waals surface area contributed by atoms with E-state index >= 15 is 0 Å². The van der Waals surface area contributed by atoms with E-state index in [1.54, 1.807) is 11.8 Å². The molecule has 1 fully saturated rings. The zero-order chi connectivity index (χ0) is 19.3. The molecule has 3 N–H and O–H groups in total. The molecular formula is C20H18ClN4O2S+. The Morgan fingerprint density at radius 3 is 2.82 bits per heavy atom. The van der Waals surface area contributed by atoms with Gasteiger partial charge in [-0.05, 0) is 47.2 Å². The van der Waals surface area contributed by atoms with E-state index in [0.717, 1.165) is 27.0 Å². The standard InChI is InChI=1S/C20H17ClN4O2S/c1-11-9-22-20-25(11)24-18(12-2-5-14(21)6-3-12)19(28-20)13-4-7-16-15(8-13)23-17(26)10-27-16/h2-9,18-19,24H,10H2,1H3,(H,23,26)/p+1. The lowest BCUT2D eigenvalue weighted by Crippen LogP contribution is -3.18. The zero-order valence-electron chi connectivity index (χ0n) is 15.0. The quantitative estimate of drug-likeness (QED) is 0.708. The van der Waals surface area contributed by atoms with Gasteiger partial charge in [-0.25, -0.2) is 0 Å². The zero-order valence-corrected chi connectivity index (χ0v) is 16.6. The van der Waals surface area contributed by atoms with Crippen molar-refractivity contribution in [3.8, 4) is 5.75 Å². The highest BCUT2D eigenvalue weighted by molar-refractivity contribution is 8.13. The van der Waals surface area contributed by atoms with Gasteiger partial charge in [0.25, 0.3) is 11.1 Å². The van der Waals surface area contributed by atoms with Crippen molar-refractivity contribution in [2.45, 2.75) is 18.2 Å². The van der Waals surface area contributed by atoms with Gasteiger partial charge in [-0.2, -0.15) is 10.0 Å². The Kier molecular flexibility index (Phi) is 4.40. The van der Waals surface area contributed by atoms with Gasteiger partial charge in [0.2, 0.25) is 0 Å². The highest BCUT2D eigenvalue weighted by Crippen LogP contribution is 2.44. The summed E-state index contributed by atoms with van der Waals surface area (Å²) in [6.07, 6.45) is 1.90. The highest BCUT2D eigenvalue weighted by atomic mass is 35.5. The number of nitrogens with one attached hydrogen (secondary N) is 3. The fourth-order valence-corrected chi connectivity index (χ4v) is 5.07. The molecule has 0 bridgehead atoms. The maximum absolute atomic E-state index is 11.7. The summed E-state index contributed by atoms with van der Waals surface area (Å²) in [6, 6.07) is 13.9. The number of quaternary nitrogens is 1. The number of hydrogen-bond donors (Lipinski definition) is 3. The van der Waals surface area contributed by atoms with Crippen LogP contribution in [0.5, 0.6) is 5.75 Å². The van der Waals surface area contributed by atoms with E-state index in [0.29, 0.717) is 16.5 Å². The van der Waals surface area contributed by atoms with E-state index in [9.17, 15) is 4.79 Å². The number of aliphatic imine (C=N–C) groups is 1. The minimum Gasteiger partial charge on any atom is -0.482 e. The van der Waals surface area contributed by atoms with Crippen LogP contribution in [-0.4, -0.2) is 17.7 Å². The second kappa shape index (κ2) is 6.93. The molecule has 3 aliphatic heterocycles. The molecule has 2 aromatic rings. The average Bonchev–Trinajstić information content (AvgIpc) is 3.07. The fraction of sp³-hybridized carbons (Fsp3) is 0.200. The molecule has 0 spiro atoms. The number of ether oxygens (including phenoxy) is 1. The van der Waals surface area contributed by atoms with Gasteiger partial charge in [-0.3, -0.25) is 4.79 Å². The van der Waals surface area contributed by atoms with E-state index in [-0.39, 0.29) is 23.8 Å². The largest absolute Gasteiger partial charge is 0.482 e. The molecule has 8 heteroatoms. The minimum absolute atomic E-state index is 0.0379. The molecule has 0 saturated carbocycles. The number of nitrogens with zero attached hydrogens (tertiary/aromatic N) is 1. The molecule has 1 saturated heterocycles. The first-order valence-electron chi connectivity index (χ1n) is 8.96. The number of fused-ring (bicyclic) bond motifs is 2. The van der Waals surface area contributed by atoms with Crippen LogP contribution < -0.4 is 20.5 Å². The lowest BCUT2D eigenvalue weighted by molar-refractivity contribution is -0.815. The number of halogens is 1. The van der Waals surface area contributed by atoms with E-state index < -0.39 is 0 Å². The molecular weight excluding hydrogens is 396 g/mol. The van der Waals surface area contributed by atoms with E-state index in [1.807, 2.05) is 42.6 Å². The van der Waals surface area contributed by atoms with Gasteiger partial charge in [0, 0.05) is 11.9 Å². The minimum atomic E-state index is -0.135. The summed E-state index contributed by atoms with van der Waals surface area (Å²) in [5, 5.41) is 5.76. The summed E-state index contributed by atoms with van der Waals surface area (Å²) in [5.74, 6) is 0.562. The predicted octanol–water partition coefficient (Wildman–Crippen LogP) is 2.82. The molecule has 6 nitrogen and oxygen atoms in total. The summed E-state index contributed by atoms with van der Waals surface area (Å²) >= 11 is 7.83. The van der Waals surface area contributed by atoms with Gasteiger partial charge >= 0.3 is 0 Å². The third-order valence-electron chi connectivity index (χ3n) is 5.02. The first kappa shape index (κ1) is 17.8. The lowest BCUT2D eigenvalue weighted by Gasteiger charge is -2.35. The summed E-state index contributed by atoms with van der Waals surface area (Å²) in [5.41, 5.74) is 7.75. The average molecular weight is 414 g/mol. The second-order valence-electron chi connectivity index (χ2n) is 6.93. The van der Waals surface area contributed by atoms with Crippen molar-refractivity contribution in [3.63, 3.8) is 0 Å². The first-order valence-corrected chi connectivity index (χ1v) is 10.2. The Labute approximate surface area is 171 Å². The number of rotatable bonds is 2. The van der Waals surface area contributed by atoms with E-state index in [1.165, 1.54) is 0 Å². The van der Waals surface area contributed by atoms with Crippen molar-refractivity contribution < 1.29 is 14.5 Å². The van der Waals surface area contributed by atoms with Gasteiger partial charge in [-0.1, -0.05) is 29.8 Å². The van der Waals surface area contributed by atoms with Gasteiger partial charge in [0.05, 0.1) is 23.2 Å². The number of amides is 1. The van der Waals surface area contributed by atoms with E-state index in [4.69, 9.17) is 16.3 Å². The molecule has 5 rings (SSSR count).